The molecule has 0 radical (unpaired) electrons. The van der Waals surface area contributed by atoms with Crippen LogP contribution in [0.4, 0.5) is 4.39 Å². The Balaban J connectivity index is 1.29. The summed E-state index contributed by atoms with van der Waals surface area (Å²) < 4.78 is 13.6. The van der Waals surface area contributed by atoms with Gasteiger partial charge in [-0.15, -0.1) is 0 Å². The molecule has 0 saturated carbocycles. The zero-order chi connectivity index (χ0) is 18.9. The molecule has 3 rings (SSSR count). The predicted octanol–water partition coefficient (Wildman–Crippen LogP) is 2.69. The number of hydrogen-bond donors (Lipinski definition) is 1. The summed E-state index contributed by atoms with van der Waals surface area (Å²) in [5.41, 5.74) is 1.99. The van der Waals surface area contributed by atoms with Crippen LogP contribution in [0.25, 0.3) is 0 Å². The summed E-state index contributed by atoms with van der Waals surface area (Å²) in [5.74, 6) is -0.168. The van der Waals surface area contributed by atoms with E-state index in [1.165, 1.54) is 11.6 Å². The molecule has 144 valence electrons. The van der Waals surface area contributed by atoms with Crippen LogP contribution in [0.3, 0.4) is 0 Å². The van der Waals surface area contributed by atoms with Gasteiger partial charge in [-0.25, -0.2) is 4.39 Å². The Morgan fingerprint density at radius 2 is 1.59 bits per heavy atom. The first-order valence-electron chi connectivity index (χ1n) is 9.69. The van der Waals surface area contributed by atoms with Crippen molar-refractivity contribution in [3.63, 3.8) is 0 Å². The fraction of sp³-hybridized carbons (Fsp3) is 0.409. The number of benzene rings is 2. The number of hydrogen-bond acceptors (Lipinski definition) is 3. The summed E-state index contributed by atoms with van der Waals surface area (Å²) >= 11 is 0. The lowest BCUT2D eigenvalue weighted by atomic mass is 10.1. The van der Waals surface area contributed by atoms with E-state index in [1.54, 1.807) is 12.1 Å². The Kier molecular flexibility index (Phi) is 7.36. The molecule has 0 unspecified atom stereocenters. The van der Waals surface area contributed by atoms with Crippen LogP contribution in [0.1, 0.15) is 17.5 Å². The first-order chi connectivity index (χ1) is 13.2. The molecule has 4 nitrogen and oxygen atoms in total. The van der Waals surface area contributed by atoms with Gasteiger partial charge in [0, 0.05) is 52.2 Å². The highest BCUT2D eigenvalue weighted by Crippen LogP contribution is 2.09. The maximum Gasteiger partial charge on any atom is 0.221 e. The zero-order valence-corrected chi connectivity index (χ0v) is 15.7. The molecule has 1 amide bonds. The van der Waals surface area contributed by atoms with E-state index in [9.17, 15) is 9.18 Å². The van der Waals surface area contributed by atoms with Gasteiger partial charge in [0.2, 0.25) is 5.91 Å². The second-order valence-corrected chi connectivity index (χ2v) is 7.04. The van der Waals surface area contributed by atoms with Gasteiger partial charge in [-0.2, -0.15) is 0 Å². The van der Waals surface area contributed by atoms with E-state index in [0.717, 1.165) is 39.3 Å². The van der Waals surface area contributed by atoms with Crippen molar-refractivity contribution in [1.82, 2.24) is 15.1 Å². The van der Waals surface area contributed by atoms with Gasteiger partial charge in [0.1, 0.15) is 5.82 Å². The molecule has 0 aliphatic carbocycles. The molecule has 27 heavy (non-hydrogen) atoms. The van der Waals surface area contributed by atoms with Crippen LogP contribution in [-0.2, 0) is 17.8 Å². The smallest absolute Gasteiger partial charge is 0.221 e. The normalized spacial score (nSPS) is 15.6. The van der Waals surface area contributed by atoms with E-state index in [0.29, 0.717) is 24.9 Å². The van der Waals surface area contributed by atoms with Crippen molar-refractivity contribution in [2.45, 2.75) is 19.4 Å². The predicted molar refractivity (Wildman–Crippen MR) is 106 cm³/mol. The van der Waals surface area contributed by atoms with Crippen LogP contribution in [0.2, 0.25) is 0 Å². The minimum Gasteiger partial charge on any atom is -0.356 e. The summed E-state index contributed by atoms with van der Waals surface area (Å²) in [7, 11) is 0. The van der Waals surface area contributed by atoms with Gasteiger partial charge < -0.3 is 10.2 Å². The first kappa shape index (κ1) is 19.5. The molecular weight excluding hydrogens is 341 g/mol. The molecule has 2 aromatic rings. The molecule has 0 aromatic heterocycles. The second-order valence-electron chi connectivity index (χ2n) is 7.04. The SMILES string of the molecule is O=C(CCN1CCN(Cc2ccccc2)CC1)NCCc1ccccc1F. The molecule has 1 heterocycles. The van der Waals surface area contributed by atoms with Crippen molar-refractivity contribution >= 4 is 5.91 Å². The van der Waals surface area contributed by atoms with E-state index >= 15 is 0 Å². The Labute approximate surface area is 161 Å². The van der Waals surface area contributed by atoms with E-state index in [1.807, 2.05) is 12.1 Å². The summed E-state index contributed by atoms with van der Waals surface area (Å²) in [4.78, 5) is 16.8. The number of halogens is 1. The molecule has 1 saturated heterocycles. The molecule has 1 fully saturated rings. The van der Waals surface area contributed by atoms with Crippen LogP contribution in [0.5, 0.6) is 0 Å². The lowest BCUT2D eigenvalue weighted by Gasteiger charge is -2.34. The molecule has 5 heteroatoms. The van der Waals surface area contributed by atoms with Gasteiger partial charge in [-0.1, -0.05) is 48.5 Å². The second kappa shape index (κ2) is 10.2. The Morgan fingerprint density at radius 3 is 2.33 bits per heavy atom. The zero-order valence-electron chi connectivity index (χ0n) is 15.7. The molecule has 0 spiro atoms. The van der Waals surface area contributed by atoms with Gasteiger partial charge in [0.15, 0.2) is 0 Å². The largest absolute Gasteiger partial charge is 0.356 e. The molecule has 2 aromatic carbocycles. The number of carbonyl (C=O) groups excluding carboxylic acids is 1. The molecule has 1 aliphatic heterocycles. The number of nitrogens with zero attached hydrogens (tertiary/aromatic N) is 2. The lowest BCUT2D eigenvalue weighted by molar-refractivity contribution is -0.121. The van der Waals surface area contributed by atoms with Gasteiger partial charge in [-0.3, -0.25) is 9.69 Å². The van der Waals surface area contributed by atoms with Gasteiger partial charge in [-0.05, 0) is 23.6 Å². The number of rotatable bonds is 8. The number of piperazine rings is 1. The van der Waals surface area contributed by atoms with Crippen LogP contribution in [0.15, 0.2) is 54.6 Å². The Morgan fingerprint density at radius 1 is 0.926 bits per heavy atom. The molecule has 1 aliphatic rings. The van der Waals surface area contributed by atoms with Crippen LogP contribution in [0, 0.1) is 5.82 Å². The highest BCUT2D eigenvalue weighted by molar-refractivity contribution is 5.76. The van der Waals surface area contributed by atoms with E-state index in [2.05, 4.69) is 39.4 Å². The average molecular weight is 369 g/mol. The molecule has 0 atom stereocenters. The third-order valence-electron chi connectivity index (χ3n) is 5.04. The quantitative estimate of drug-likeness (QED) is 0.777. The topological polar surface area (TPSA) is 35.6 Å². The highest BCUT2D eigenvalue weighted by atomic mass is 19.1. The van der Waals surface area contributed by atoms with Crippen molar-refractivity contribution in [2.24, 2.45) is 0 Å². The Hall–Kier alpha value is -2.24. The third kappa shape index (κ3) is 6.45. The lowest BCUT2D eigenvalue weighted by Crippen LogP contribution is -2.46. The van der Waals surface area contributed by atoms with Crippen molar-refractivity contribution in [3.05, 3.63) is 71.5 Å². The van der Waals surface area contributed by atoms with Gasteiger partial charge in [0.25, 0.3) is 0 Å². The summed E-state index contributed by atoms with van der Waals surface area (Å²) in [5, 5.41) is 2.90. The van der Waals surface area contributed by atoms with Crippen LogP contribution < -0.4 is 5.32 Å². The maximum atomic E-state index is 13.6. The number of amides is 1. The first-order valence-corrected chi connectivity index (χ1v) is 9.69. The summed E-state index contributed by atoms with van der Waals surface area (Å²) in [6, 6.07) is 17.2. The summed E-state index contributed by atoms with van der Waals surface area (Å²) in [6.45, 7) is 6.30. The van der Waals surface area contributed by atoms with E-state index < -0.39 is 0 Å². The van der Waals surface area contributed by atoms with Gasteiger partial charge >= 0.3 is 0 Å². The Bertz CT molecular complexity index is 715. The standard InChI is InChI=1S/C22H28FN3O/c23-21-9-5-4-8-20(21)10-12-24-22(27)11-13-25-14-16-26(17-15-25)18-19-6-2-1-3-7-19/h1-9H,10-18H2,(H,24,27). The average Bonchev–Trinajstić information content (AvgIpc) is 2.70. The summed E-state index contributed by atoms with van der Waals surface area (Å²) in [6.07, 6.45) is 1.02. The van der Waals surface area contributed by atoms with Crippen LogP contribution in [-0.4, -0.2) is 55.0 Å². The molecule has 1 N–H and O–H groups in total. The maximum absolute atomic E-state index is 13.6. The molecule has 0 bridgehead atoms. The van der Waals surface area contributed by atoms with Crippen molar-refractivity contribution < 1.29 is 9.18 Å². The highest BCUT2D eigenvalue weighted by Gasteiger charge is 2.17. The van der Waals surface area contributed by atoms with Crippen LogP contribution >= 0.6 is 0 Å². The fourth-order valence-corrected chi connectivity index (χ4v) is 3.40. The van der Waals surface area contributed by atoms with E-state index in [4.69, 9.17) is 0 Å². The van der Waals surface area contributed by atoms with Crippen molar-refractivity contribution in [1.29, 1.82) is 0 Å². The van der Waals surface area contributed by atoms with Crippen molar-refractivity contribution in [2.75, 3.05) is 39.3 Å². The monoisotopic (exact) mass is 369 g/mol. The van der Waals surface area contributed by atoms with Crippen molar-refractivity contribution in [3.8, 4) is 0 Å². The number of nitrogens with one attached hydrogen (secondary N) is 1. The van der Waals surface area contributed by atoms with Gasteiger partial charge in [0.05, 0.1) is 0 Å². The number of carbonyl (C=O) groups is 1. The minimum absolute atomic E-state index is 0.0399. The fourth-order valence-electron chi connectivity index (χ4n) is 3.40. The molecular formula is C22H28FN3O. The third-order valence-corrected chi connectivity index (χ3v) is 5.04. The minimum atomic E-state index is -0.208. The van der Waals surface area contributed by atoms with E-state index in [-0.39, 0.29) is 11.7 Å².